The smallest absolute Gasteiger partial charge is 0.246 e. The van der Waals surface area contributed by atoms with E-state index in [-0.39, 0.29) is 11.9 Å². The molecule has 1 atom stereocenters. The lowest BCUT2D eigenvalue weighted by Crippen LogP contribution is -2.28. The van der Waals surface area contributed by atoms with Crippen LogP contribution >= 0.6 is 0 Å². The summed E-state index contributed by atoms with van der Waals surface area (Å²) in [7, 11) is 0. The maximum Gasteiger partial charge on any atom is 0.246 e. The second kappa shape index (κ2) is 4.30. The first-order valence-corrected chi connectivity index (χ1v) is 5.31. The van der Waals surface area contributed by atoms with E-state index in [1.165, 1.54) is 11.6 Å². The normalized spacial score (nSPS) is 20.3. The summed E-state index contributed by atoms with van der Waals surface area (Å²) in [5, 5.41) is 0. The van der Waals surface area contributed by atoms with Crippen LogP contribution in [0.3, 0.4) is 0 Å². The van der Waals surface area contributed by atoms with Gasteiger partial charge in [-0.1, -0.05) is 36.9 Å². The van der Waals surface area contributed by atoms with Crippen LogP contribution in [-0.2, 0) is 4.79 Å². The summed E-state index contributed by atoms with van der Waals surface area (Å²) in [6.07, 6.45) is 3.55. The number of rotatable bonds is 2. The van der Waals surface area contributed by atoms with Gasteiger partial charge in [-0.3, -0.25) is 4.79 Å². The Balaban J connectivity index is 2.22. The van der Waals surface area contributed by atoms with E-state index in [1.807, 2.05) is 23.1 Å². The molecule has 1 aliphatic heterocycles. The van der Waals surface area contributed by atoms with Gasteiger partial charge in [0, 0.05) is 6.54 Å². The van der Waals surface area contributed by atoms with Gasteiger partial charge in [0.25, 0.3) is 0 Å². The Bertz CT molecular complexity index is 358. The van der Waals surface area contributed by atoms with Gasteiger partial charge < -0.3 is 4.90 Å². The van der Waals surface area contributed by atoms with Gasteiger partial charge in [0.1, 0.15) is 0 Å². The molecule has 2 rings (SSSR count). The number of nitrogens with zero attached hydrogens (tertiary/aromatic N) is 1. The van der Waals surface area contributed by atoms with Crippen LogP contribution in [0.15, 0.2) is 43.0 Å². The fraction of sp³-hybridized carbons (Fsp3) is 0.308. The lowest BCUT2D eigenvalue weighted by molar-refractivity contribution is -0.126. The van der Waals surface area contributed by atoms with E-state index in [4.69, 9.17) is 0 Å². The molecule has 78 valence electrons. The topological polar surface area (TPSA) is 20.3 Å². The summed E-state index contributed by atoms with van der Waals surface area (Å²) in [6, 6.07) is 10.4. The Morgan fingerprint density at radius 1 is 1.40 bits per heavy atom. The Labute approximate surface area is 90.2 Å². The summed E-state index contributed by atoms with van der Waals surface area (Å²) in [4.78, 5) is 13.5. The van der Waals surface area contributed by atoms with E-state index in [9.17, 15) is 4.79 Å². The van der Waals surface area contributed by atoms with Crippen LogP contribution in [0.1, 0.15) is 24.4 Å². The molecule has 1 unspecified atom stereocenters. The molecule has 1 aromatic carbocycles. The largest absolute Gasteiger partial charge is 0.332 e. The van der Waals surface area contributed by atoms with Crippen molar-refractivity contribution in [3.8, 4) is 0 Å². The molecule has 1 aromatic rings. The molecule has 1 heterocycles. The van der Waals surface area contributed by atoms with Crippen LogP contribution in [-0.4, -0.2) is 17.4 Å². The standard InChI is InChI=1S/C13H15NO/c1-2-13(15)14-10-6-9-12(14)11-7-4-3-5-8-11/h2-5,7-8,12H,1,6,9-10H2. The van der Waals surface area contributed by atoms with Gasteiger partial charge in [-0.15, -0.1) is 0 Å². The van der Waals surface area contributed by atoms with Crippen molar-refractivity contribution in [3.05, 3.63) is 48.6 Å². The fourth-order valence-corrected chi connectivity index (χ4v) is 2.17. The first-order chi connectivity index (χ1) is 7.33. The molecule has 15 heavy (non-hydrogen) atoms. The molecule has 0 radical (unpaired) electrons. The van der Waals surface area contributed by atoms with E-state index in [2.05, 4.69) is 18.7 Å². The van der Waals surface area contributed by atoms with Crippen LogP contribution in [0.5, 0.6) is 0 Å². The predicted molar refractivity (Wildman–Crippen MR) is 60.3 cm³/mol. The molecule has 1 saturated heterocycles. The minimum absolute atomic E-state index is 0.0429. The Kier molecular flexibility index (Phi) is 2.86. The van der Waals surface area contributed by atoms with Gasteiger partial charge in [0.2, 0.25) is 5.91 Å². The Morgan fingerprint density at radius 2 is 2.13 bits per heavy atom. The minimum atomic E-state index is 0.0429. The Hall–Kier alpha value is -1.57. The predicted octanol–water partition coefficient (Wildman–Crippen LogP) is 2.54. The van der Waals surface area contributed by atoms with E-state index in [1.54, 1.807) is 0 Å². The molecule has 1 amide bonds. The zero-order valence-electron chi connectivity index (χ0n) is 8.73. The van der Waals surface area contributed by atoms with Crippen LogP contribution in [0.2, 0.25) is 0 Å². The lowest BCUT2D eigenvalue weighted by atomic mass is 10.0. The third-order valence-electron chi connectivity index (χ3n) is 2.89. The number of hydrogen-bond donors (Lipinski definition) is 0. The number of likely N-dealkylation sites (tertiary alicyclic amines) is 1. The molecule has 0 bridgehead atoms. The van der Waals surface area contributed by atoms with Crippen molar-refractivity contribution in [2.24, 2.45) is 0 Å². The zero-order chi connectivity index (χ0) is 10.7. The molecule has 1 aliphatic rings. The molecule has 2 nitrogen and oxygen atoms in total. The van der Waals surface area contributed by atoms with Crippen LogP contribution in [0.4, 0.5) is 0 Å². The second-order valence-corrected chi connectivity index (χ2v) is 3.80. The van der Waals surface area contributed by atoms with Crippen LogP contribution in [0.25, 0.3) is 0 Å². The highest BCUT2D eigenvalue weighted by Crippen LogP contribution is 2.31. The molecular weight excluding hydrogens is 186 g/mol. The summed E-state index contributed by atoms with van der Waals surface area (Å²) < 4.78 is 0. The Morgan fingerprint density at radius 3 is 2.80 bits per heavy atom. The molecule has 0 N–H and O–H groups in total. The number of carbonyl (C=O) groups excluding carboxylic acids is 1. The monoisotopic (exact) mass is 201 g/mol. The third-order valence-corrected chi connectivity index (χ3v) is 2.89. The van der Waals surface area contributed by atoms with Gasteiger partial charge in [-0.2, -0.15) is 0 Å². The SMILES string of the molecule is C=CC(=O)N1CCCC1c1ccccc1. The zero-order valence-corrected chi connectivity index (χ0v) is 8.73. The first-order valence-electron chi connectivity index (χ1n) is 5.31. The van der Waals surface area contributed by atoms with E-state index >= 15 is 0 Å². The van der Waals surface area contributed by atoms with E-state index < -0.39 is 0 Å². The molecule has 2 heteroatoms. The van der Waals surface area contributed by atoms with Crippen molar-refractivity contribution < 1.29 is 4.79 Å². The van der Waals surface area contributed by atoms with Gasteiger partial charge in [0.05, 0.1) is 6.04 Å². The highest BCUT2D eigenvalue weighted by molar-refractivity contribution is 5.87. The minimum Gasteiger partial charge on any atom is -0.332 e. The van der Waals surface area contributed by atoms with Crippen molar-refractivity contribution >= 4 is 5.91 Å². The van der Waals surface area contributed by atoms with Crippen molar-refractivity contribution in [3.63, 3.8) is 0 Å². The third kappa shape index (κ3) is 1.94. The van der Waals surface area contributed by atoms with Gasteiger partial charge in [-0.05, 0) is 24.5 Å². The highest BCUT2D eigenvalue weighted by atomic mass is 16.2. The fourth-order valence-electron chi connectivity index (χ4n) is 2.17. The first kappa shape index (κ1) is 9.97. The number of carbonyl (C=O) groups is 1. The average Bonchev–Trinajstić information content (AvgIpc) is 2.78. The molecule has 0 saturated carbocycles. The van der Waals surface area contributed by atoms with E-state index in [0.29, 0.717) is 0 Å². The summed E-state index contributed by atoms with van der Waals surface area (Å²) in [6.45, 7) is 4.39. The van der Waals surface area contributed by atoms with Crippen LogP contribution < -0.4 is 0 Å². The maximum absolute atomic E-state index is 11.6. The molecule has 0 spiro atoms. The van der Waals surface area contributed by atoms with Crippen molar-refractivity contribution in [2.45, 2.75) is 18.9 Å². The van der Waals surface area contributed by atoms with Gasteiger partial charge in [0.15, 0.2) is 0 Å². The van der Waals surface area contributed by atoms with Gasteiger partial charge >= 0.3 is 0 Å². The lowest BCUT2D eigenvalue weighted by Gasteiger charge is -2.23. The quantitative estimate of drug-likeness (QED) is 0.673. The van der Waals surface area contributed by atoms with Crippen LogP contribution in [0, 0.1) is 0 Å². The molecule has 0 aromatic heterocycles. The van der Waals surface area contributed by atoms with Gasteiger partial charge in [-0.25, -0.2) is 0 Å². The average molecular weight is 201 g/mol. The van der Waals surface area contributed by atoms with Crippen molar-refractivity contribution in [1.82, 2.24) is 4.90 Å². The van der Waals surface area contributed by atoms with E-state index in [0.717, 1.165) is 19.4 Å². The van der Waals surface area contributed by atoms with Crippen molar-refractivity contribution in [2.75, 3.05) is 6.54 Å². The molecular formula is C13H15NO. The highest BCUT2D eigenvalue weighted by Gasteiger charge is 2.27. The molecule has 1 fully saturated rings. The summed E-state index contributed by atoms with van der Waals surface area (Å²) in [5.74, 6) is 0.0429. The van der Waals surface area contributed by atoms with Crippen molar-refractivity contribution in [1.29, 1.82) is 0 Å². The number of hydrogen-bond acceptors (Lipinski definition) is 1. The number of amides is 1. The molecule has 0 aliphatic carbocycles. The summed E-state index contributed by atoms with van der Waals surface area (Å²) in [5.41, 5.74) is 1.23. The second-order valence-electron chi connectivity index (χ2n) is 3.80. The maximum atomic E-state index is 11.6. The summed E-state index contributed by atoms with van der Waals surface area (Å²) >= 11 is 0. The number of benzene rings is 1.